The number of hydrogen-bond acceptors (Lipinski definition) is 5. The van der Waals surface area contributed by atoms with Gasteiger partial charge in [-0.25, -0.2) is 0 Å². The molecule has 0 bridgehead atoms. The Bertz CT molecular complexity index is 269. The predicted molar refractivity (Wildman–Crippen MR) is 63.6 cm³/mol. The van der Waals surface area contributed by atoms with Crippen LogP contribution in [0.5, 0.6) is 0 Å². The van der Waals surface area contributed by atoms with Crippen molar-refractivity contribution < 1.29 is 14.3 Å². The molecule has 2 rings (SSSR count). The van der Waals surface area contributed by atoms with Crippen LogP contribution < -0.4 is 5.73 Å². The van der Waals surface area contributed by atoms with E-state index in [0.717, 1.165) is 25.9 Å². The van der Waals surface area contributed by atoms with Crippen LogP contribution in [0.15, 0.2) is 0 Å². The van der Waals surface area contributed by atoms with Gasteiger partial charge in [0.05, 0.1) is 0 Å². The second kappa shape index (κ2) is 5.33. The number of carbonyl (C=O) groups excluding carboxylic acids is 1. The zero-order valence-electron chi connectivity index (χ0n) is 10.5. The van der Waals surface area contributed by atoms with E-state index in [1.54, 1.807) is 0 Å². The number of hydrogen-bond donors (Lipinski definition) is 1. The van der Waals surface area contributed by atoms with Crippen molar-refractivity contribution in [2.45, 2.75) is 37.3 Å². The third-order valence-corrected chi connectivity index (χ3v) is 3.73. The van der Waals surface area contributed by atoms with Gasteiger partial charge in [0.25, 0.3) is 0 Å². The molecule has 2 aliphatic rings. The number of nitrogens with two attached hydrogens (primary N) is 1. The SMILES string of the molecule is CN1CCC(OC(=O)C2(N)CCOCC2)CC1. The Morgan fingerprint density at radius 3 is 2.53 bits per heavy atom. The molecule has 0 unspecified atom stereocenters. The molecule has 0 aromatic rings. The fourth-order valence-corrected chi connectivity index (χ4v) is 2.31. The van der Waals surface area contributed by atoms with Crippen molar-refractivity contribution in [1.29, 1.82) is 0 Å². The summed E-state index contributed by atoms with van der Waals surface area (Å²) in [5.41, 5.74) is 5.26. The highest BCUT2D eigenvalue weighted by Crippen LogP contribution is 2.22. The van der Waals surface area contributed by atoms with E-state index in [1.165, 1.54) is 0 Å². The van der Waals surface area contributed by atoms with E-state index in [4.69, 9.17) is 15.2 Å². The summed E-state index contributed by atoms with van der Waals surface area (Å²) in [6.07, 6.45) is 3.00. The molecular formula is C12H22N2O3. The summed E-state index contributed by atoms with van der Waals surface area (Å²) in [7, 11) is 2.08. The lowest BCUT2D eigenvalue weighted by Gasteiger charge is -2.34. The van der Waals surface area contributed by atoms with Crippen molar-refractivity contribution in [2.24, 2.45) is 5.73 Å². The van der Waals surface area contributed by atoms with E-state index in [2.05, 4.69) is 11.9 Å². The highest BCUT2D eigenvalue weighted by Gasteiger charge is 2.38. The summed E-state index contributed by atoms with van der Waals surface area (Å²) >= 11 is 0. The molecule has 0 radical (unpaired) electrons. The van der Waals surface area contributed by atoms with Crippen LogP contribution in [0.1, 0.15) is 25.7 Å². The van der Waals surface area contributed by atoms with Gasteiger partial charge in [0.15, 0.2) is 0 Å². The highest BCUT2D eigenvalue weighted by atomic mass is 16.5. The van der Waals surface area contributed by atoms with Crippen LogP contribution in [0.2, 0.25) is 0 Å². The number of ether oxygens (including phenoxy) is 2. The fraction of sp³-hybridized carbons (Fsp3) is 0.917. The van der Waals surface area contributed by atoms with Crippen LogP contribution >= 0.6 is 0 Å². The maximum Gasteiger partial charge on any atom is 0.326 e. The molecule has 0 saturated carbocycles. The summed E-state index contributed by atoms with van der Waals surface area (Å²) in [6, 6.07) is 0. The molecule has 2 aliphatic heterocycles. The van der Waals surface area contributed by atoms with Crippen molar-refractivity contribution in [2.75, 3.05) is 33.4 Å². The summed E-state index contributed by atoms with van der Waals surface area (Å²) in [4.78, 5) is 14.3. The first-order valence-electron chi connectivity index (χ1n) is 6.36. The standard InChI is InChI=1S/C12H22N2O3/c1-14-6-2-10(3-7-14)17-11(15)12(13)4-8-16-9-5-12/h10H,2-9,13H2,1H3. The summed E-state index contributed by atoms with van der Waals surface area (Å²) < 4.78 is 10.8. The van der Waals surface area contributed by atoms with E-state index in [1.807, 2.05) is 0 Å². The minimum atomic E-state index is -0.818. The normalized spacial score (nSPS) is 26.7. The van der Waals surface area contributed by atoms with Crippen molar-refractivity contribution >= 4 is 5.97 Å². The lowest BCUT2D eigenvalue weighted by molar-refractivity contribution is -0.161. The quantitative estimate of drug-likeness (QED) is 0.697. The monoisotopic (exact) mass is 242 g/mol. The van der Waals surface area contributed by atoms with Crippen LogP contribution in [-0.2, 0) is 14.3 Å². The minimum Gasteiger partial charge on any atom is -0.461 e. The molecule has 0 amide bonds. The summed E-state index contributed by atoms with van der Waals surface area (Å²) in [5, 5.41) is 0. The molecule has 2 fully saturated rings. The van der Waals surface area contributed by atoms with E-state index in [0.29, 0.717) is 26.1 Å². The van der Waals surface area contributed by atoms with Crippen LogP contribution in [-0.4, -0.2) is 55.9 Å². The Balaban J connectivity index is 1.83. The van der Waals surface area contributed by atoms with Gasteiger partial charge >= 0.3 is 5.97 Å². The van der Waals surface area contributed by atoms with Crippen molar-refractivity contribution in [3.63, 3.8) is 0 Å². The maximum absolute atomic E-state index is 12.1. The zero-order chi connectivity index (χ0) is 12.3. The number of rotatable bonds is 2. The largest absolute Gasteiger partial charge is 0.461 e. The van der Waals surface area contributed by atoms with E-state index < -0.39 is 5.54 Å². The van der Waals surface area contributed by atoms with Gasteiger partial charge in [-0.1, -0.05) is 0 Å². The second-order valence-electron chi connectivity index (χ2n) is 5.18. The average Bonchev–Trinajstić information content (AvgIpc) is 2.33. The third-order valence-electron chi connectivity index (χ3n) is 3.73. The molecule has 5 nitrogen and oxygen atoms in total. The zero-order valence-corrected chi connectivity index (χ0v) is 10.5. The molecule has 17 heavy (non-hydrogen) atoms. The van der Waals surface area contributed by atoms with Gasteiger partial charge in [0.1, 0.15) is 11.6 Å². The Morgan fingerprint density at radius 1 is 1.35 bits per heavy atom. The first-order chi connectivity index (χ1) is 8.10. The van der Waals surface area contributed by atoms with Gasteiger partial charge in [-0.15, -0.1) is 0 Å². The van der Waals surface area contributed by atoms with E-state index >= 15 is 0 Å². The molecule has 0 atom stereocenters. The molecule has 98 valence electrons. The molecule has 5 heteroatoms. The van der Waals surface area contributed by atoms with Crippen molar-refractivity contribution in [3.05, 3.63) is 0 Å². The Morgan fingerprint density at radius 2 is 1.94 bits per heavy atom. The number of esters is 1. The minimum absolute atomic E-state index is 0.0435. The Hall–Kier alpha value is -0.650. The van der Waals surface area contributed by atoms with Crippen LogP contribution in [0, 0.1) is 0 Å². The topological polar surface area (TPSA) is 64.8 Å². The van der Waals surface area contributed by atoms with Gasteiger partial charge in [-0.3, -0.25) is 4.79 Å². The summed E-state index contributed by atoms with van der Waals surface area (Å²) in [6.45, 7) is 3.08. The molecule has 0 aromatic carbocycles. The molecular weight excluding hydrogens is 220 g/mol. The van der Waals surface area contributed by atoms with Gasteiger partial charge < -0.3 is 20.1 Å². The van der Waals surface area contributed by atoms with E-state index in [-0.39, 0.29) is 12.1 Å². The third kappa shape index (κ3) is 3.18. The number of carbonyl (C=O) groups is 1. The Labute approximate surface area is 102 Å². The van der Waals surface area contributed by atoms with Gasteiger partial charge in [-0.05, 0) is 32.7 Å². The lowest BCUT2D eigenvalue weighted by Crippen LogP contribution is -2.54. The second-order valence-corrected chi connectivity index (χ2v) is 5.18. The number of nitrogens with zero attached hydrogens (tertiary/aromatic N) is 1. The van der Waals surface area contributed by atoms with Gasteiger partial charge in [0, 0.05) is 26.3 Å². The molecule has 0 aliphatic carbocycles. The van der Waals surface area contributed by atoms with Crippen LogP contribution in [0.25, 0.3) is 0 Å². The van der Waals surface area contributed by atoms with E-state index in [9.17, 15) is 4.79 Å². The number of piperidine rings is 1. The van der Waals surface area contributed by atoms with Crippen LogP contribution in [0.4, 0.5) is 0 Å². The van der Waals surface area contributed by atoms with Gasteiger partial charge in [0.2, 0.25) is 0 Å². The van der Waals surface area contributed by atoms with Crippen molar-refractivity contribution in [3.8, 4) is 0 Å². The molecule has 2 N–H and O–H groups in total. The van der Waals surface area contributed by atoms with Gasteiger partial charge in [-0.2, -0.15) is 0 Å². The smallest absolute Gasteiger partial charge is 0.326 e. The predicted octanol–water partition coefficient (Wildman–Crippen LogP) is 0.132. The fourth-order valence-electron chi connectivity index (χ4n) is 2.31. The first-order valence-corrected chi connectivity index (χ1v) is 6.36. The summed E-state index contributed by atoms with van der Waals surface area (Å²) in [5.74, 6) is -0.240. The first kappa shape index (κ1) is 12.8. The Kier molecular flexibility index (Phi) is 4.01. The molecule has 2 saturated heterocycles. The maximum atomic E-state index is 12.1. The number of likely N-dealkylation sites (tertiary alicyclic amines) is 1. The molecule has 2 heterocycles. The van der Waals surface area contributed by atoms with Crippen molar-refractivity contribution in [1.82, 2.24) is 4.90 Å². The lowest BCUT2D eigenvalue weighted by atomic mass is 9.91. The molecule has 0 aromatic heterocycles. The highest BCUT2D eigenvalue weighted by molar-refractivity contribution is 5.80. The average molecular weight is 242 g/mol. The molecule has 0 spiro atoms. The van der Waals surface area contributed by atoms with Crippen LogP contribution in [0.3, 0.4) is 0 Å².